The molecule has 32 heavy (non-hydrogen) atoms. The fourth-order valence-corrected chi connectivity index (χ4v) is 4.04. The van der Waals surface area contributed by atoms with E-state index in [1.165, 1.54) is 12.1 Å². The molecule has 1 saturated heterocycles. The van der Waals surface area contributed by atoms with Crippen molar-refractivity contribution in [3.63, 3.8) is 0 Å². The average molecular weight is 435 g/mol. The van der Waals surface area contributed by atoms with E-state index in [4.69, 9.17) is 0 Å². The number of carbonyl (C=O) groups excluding carboxylic acids is 1. The standard InChI is InChI=1S/C25H27FN4O2/c26-21-11-4-5-12-23(21)28-15-8-16-29(18-17-28)25(32)27-22(20-9-2-1-3-10-20)19-30-14-7-6-13-24(30)31/h1-7,9-14,22H,8,15-19H2,(H,27,32). The number of rotatable bonds is 5. The van der Waals surface area contributed by atoms with E-state index in [-0.39, 0.29) is 23.4 Å². The van der Waals surface area contributed by atoms with Crippen LogP contribution in [0.2, 0.25) is 0 Å². The Balaban J connectivity index is 1.46. The zero-order valence-corrected chi connectivity index (χ0v) is 17.9. The van der Waals surface area contributed by atoms with E-state index in [9.17, 15) is 14.0 Å². The number of hydrogen-bond acceptors (Lipinski definition) is 3. The molecule has 0 saturated carbocycles. The van der Waals surface area contributed by atoms with Gasteiger partial charge in [0.15, 0.2) is 0 Å². The molecule has 1 N–H and O–H groups in total. The Kier molecular flexibility index (Phi) is 6.84. The Hall–Kier alpha value is -3.61. The van der Waals surface area contributed by atoms with Crippen molar-refractivity contribution in [1.82, 2.24) is 14.8 Å². The zero-order valence-electron chi connectivity index (χ0n) is 17.9. The van der Waals surface area contributed by atoms with Crippen molar-refractivity contribution in [3.8, 4) is 0 Å². The van der Waals surface area contributed by atoms with E-state index >= 15 is 0 Å². The van der Waals surface area contributed by atoms with Crippen LogP contribution < -0.4 is 15.8 Å². The van der Waals surface area contributed by atoms with Gasteiger partial charge in [-0.1, -0.05) is 48.5 Å². The van der Waals surface area contributed by atoms with Gasteiger partial charge in [0.25, 0.3) is 5.56 Å². The number of hydrogen-bond donors (Lipinski definition) is 1. The summed E-state index contributed by atoms with van der Waals surface area (Å²) >= 11 is 0. The predicted octanol–water partition coefficient (Wildman–Crippen LogP) is 3.65. The minimum absolute atomic E-state index is 0.113. The van der Waals surface area contributed by atoms with Crippen molar-refractivity contribution in [2.75, 3.05) is 31.1 Å². The van der Waals surface area contributed by atoms with Gasteiger partial charge in [0.1, 0.15) is 5.82 Å². The van der Waals surface area contributed by atoms with Crippen LogP contribution in [0.25, 0.3) is 0 Å². The van der Waals surface area contributed by atoms with Crippen LogP contribution in [0.15, 0.2) is 83.8 Å². The Bertz CT molecular complexity index is 1100. The molecule has 7 heteroatoms. The highest BCUT2D eigenvalue weighted by Crippen LogP contribution is 2.21. The Labute approximate surface area is 186 Å². The third-order valence-electron chi connectivity index (χ3n) is 5.75. The fourth-order valence-electron chi connectivity index (χ4n) is 4.04. The first-order chi connectivity index (χ1) is 15.6. The van der Waals surface area contributed by atoms with Gasteiger partial charge in [0.05, 0.1) is 18.3 Å². The molecular weight excluding hydrogens is 407 g/mol. The number of urea groups is 1. The lowest BCUT2D eigenvalue weighted by Gasteiger charge is -2.27. The van der Waals surface area contributed by atoms with Gasteiger partial charge in [-0.05, 0) is 30.2 Å². The zero-order chi connectivity index (χ0) is 22.3. The number of amides is 2. The second kappa shape index (κ2) is 10.1. The van der Waals surface area contributed by atoms with Gasteiger partial charge >= 0.3 is 6.03 Å². The van der Waals surface area contributed by atoms with Crippen LogP contribution in [0, 0.1) is 5.82 Å². The predicted molar refractivity (Wildman–Crippen MR) is 123 cm³/mol. The van der Waals surface area contributed by atoms with Crippen molar-refractivity contribution in [2.24, 2.45) is 0 Å². The molecule has 0 radical (unpaired) electrons. The molecule has 1 fully saturated rings. The highest BCUT2D eigenvalue weighted by atomic mass is 19.1. The number of pyridine rings is 1. The van der Waals surface area contributed by atoms with Crippen LogP contribution in [-0.4, -0.2) is 41.7 Å². The molecule has 0 aliphatic carbocycles. The van der Waals surface area contributed by atoms with Crippen molar-refractivity contribution in [1.29, 1.82) is 0 Å². The van der Waals surface area contributed by atoms with E-state index in [1.54, 1.807) is 39.9 Å². The Morgan fingerprint density at radius 1 is 0.906 bits per heavy atom. The first kappa shape index (κ1) is 21.6. The molecule has 2 aromatic carbocycles. The molecule has 166 valence electrons. The third-order valence-corrected chi connectivity index (χ3v) is 5.75. The fraction of sp³-hybridized carbons (Fsp3) is 0.280. The number of benzene rings is 2. The summed E-state index contributed by atoms with van der Waals surface area (Å²) in [7, 11) is 0. The number of nitrogens with zero attached hydrogens (tertiary/aromatic N) is 3. The summed E-state index contributed by atoms with van der Waals surface area (Å²) in [6.07, 6.45) is 2.47. The van der Waals surface area contributed by atoms with Gasteiger partial charge < -0.3 is 19.7 Å². The third kappa shape index (κ3) is 5.17. The lowest BCUT2D eigenvalue weighted by Crippen LogP contribution is -2.44. The average Bonchev–Trinajstić information content (AvgIpc) is 3.07. The van der Waals surface area contributed by atoms with Crippen LogP contribution in [0.3, 0.4) is 0 Å². The largest absolute Gasteiger partial charge is 0.367 e. The first-order valence-electron chi connectivity index (χ1n) is 10.9. The second-order valence-corrected chi connectivity index (χ2v) is 7.88. The molecule has 3 aromatic rings. The smallest absolute Gasteiger partial charge is 0.318 e. The monoisotopic (exact) mass is 434 g/mol. The van der Waals surface area contributed by atoms with Crippen molar-refractivity contribution in [3.05, 3.63) is 101 Å². The van der Waals surface area contributed by atoms with Crippen molar-refractivity contribution in [2.45, 2.75) is 19.0 Å². The number of halogens is 1. The number of para-hydroxylation sites is 1. The maximum atomic E-state index is 14.2. The Morgan fingerprint density at radius 3 is 2.44 bits per heavy atom. The van der Waals surface area contributed by atoms with Crippen LogP contribution in [-0.2, 0) is 6.54 Å². The van der Waals surface area contributed by atoms with Crippen LogP contribution in [0.4, 0.5) is 14.9 Å². The minimum atomic E-state index is -0.352. The SMILES string of the molecule is O=C(NC(Cn1ccccc1=O)c1ccccc1)N1CCCN(c2ccccc2F)CC1. The van der Waals surface area contributed by atoms with E-state index < -0.39 is 0 Å². The highest BCUT2D eigenvalue weighted by molar-refractivity contribution is 5.75. The Morgan fingerprint density at radius 2 is 1.66 bits per heavy atom. The molecule has 2 amide bonds. The van der Waals surface area contributed by atoms with Crippen molar-refractivity contribution >= 4 is 11.7 Å². The second-order valence-electron chi connectivity index (χ2n) is 7.88. The van der Waals surface area contributed by atoms with Crippen LogP contribution in [0.5, 0.6) is 0 Å². The summed E-state index contributed by atoms with van der Waals surface area (Å²) in [6.45, 7) is 2.66. The molecule has 1 aliphatic rings. The van der Waals surface area contributed by atoms with E-state index in [1.807, 2.05) is 41.3 Å². The summed E-state index contributed by atoms with van der Waals surface area (Å²) in [5, 5.41) is 3.11. The molecular formula is C25H27FN4O2. The van der Waals surface area contributed by atoms with Gasteiger partial charge in [0, 0.05) is 38.4 Å². The van der Waals surface area contributed by atoms with Gasteiger partial charge in [0.2, 0.25) is 0 Å². The lowest BCUT2D eigenvalue weighted by molar-refractivity contribution is 0.195. The minimum Gasteiger partial charge on any atom is -0.367 e. The summed E-state index contributed by atoms with van der Waals surface area (Å²) in [5.74, 6) is -0.247. The van der Waals surface area contributed by atoms with Gasteiger partial charge in [-0.15, -0.1) is 0 Å². The molecule has 2 heterocycles. The van der Waals surface area contributed by atoms with E-state index in [0.717, 1.165) is 12.0 Å². The van der Waals surface area contributed by atoms with Crippen LogP contribution >= 0.6 is 0 Å². The molecule has 0 bridgehead atoms. The summed E-state index contributed by atoms with van der Waals surface area (Å²) in [6, 6.07) is 20.9. The molecule has 1 aromatic heterocycles. The number of anilines is 1. The summed E-state index contributed by atoms with van der Waals surface area (Å²) < 4.78 is 15.8. The molecule has 6 nitrogen and oxygen atoms in total. The summed E-state index contributed by atoms with van der Waals surface area (Å²) in [4.78, 5) is 29.1. The lowest BCUT2D eigenvalue weighted by atomic mass is 10.1. The molecule has 1 unspecified atom stereocenters. The molecule has 1 atom stereocenters. The van der Waals surface area contributed by atoms with Gasteiger partial charge in [-0.3, -0.25) is 4.79 Å². The van der Waals surface area contributed by atoms with Gasteiger partial charge in [-0.2, -0.15) is 0 Å². The van der Waals surface area contributed by atoms with Gasteiger partial charge in [-0.25, -0.2) is 9.18 Å². The number of nitrogens with one attached hydrogen (secondary N) is 1. The topological polar surface area (TPSA) is 57.6 Å². The molecule has 0 spiro atoms. The van der Waals surface area contributed by atoms with Crippen LogP contribution in [0.1, 0.15) is 18.0 Å². The maximum Gasteiger partial charge on any atom is 0.318 e. The van der Waals surface area contributed by atoms with E-state index in [0.29, 0.717) is 38.4 Å². The quantitative estimate of drug-likeness (QED) is 0.667. The molecule has 1 aliphatic heterocycles. The maximum absolute atomic E-state index is 14.2. The normalized spacial score (nSPS) is 15.2. The summed E-state index contributed by atoms with van der Waals surface area (Å²) in [5.41, 5.74) is 1.39. The van der Waals surface area contributed by atoms with E-state index in [2.05, 4.69) is 5.32 Å². The highest BCUT2D eigenvalue weighted by Gasteiger charge is 2.23. The number of aromatic nitrogens is 1. The van der Waals surface area contributed by atoms with Crippen molar-refractivity contribution < 1.29 is 9.18 Å². The molecule has 4 rings (SSSR count). The first-order valence-corrected chi connectivity index (χ1v) is 10.9. The number of carbonyl (C=O) groups is 1.